The molecule has 2 heterocycles. The highest BCUT2D eigenvalue weighted by Gasteiger charge is 2.26. The van der Waals surface area contributed by atoms with E-state index >= 15 is 0 Å². The van der Waals surface area contributed by atoms with Crippen LogP contribution in [0.3, 0.4) is 0 Å². The number of para-hydroxylation sites is 1. The quantitative estimate of drug-likeness (QED) is 0.441. The van der Waals surface area contributed by atoms with E-state index in [1.165, 1.54) is 4.80 Å². The minimum absolute atomic E-state index is 0.290. The molecule has 1 atom stereocenters. The molecule has 0 bridgehead atoms. The van der Waals surface area contributed by atoms with Gasteiger partial charge in [-0.1, -0.05) is 30.3 Å². The number of anilines is 1. The number of aromatic nitrogens is 5. The number of nitrogens with zero attached hydrogens (tertiary/aromatic N) is 5. The maximum atomic E-state index is 13.4. The number of tetrazole rings is 1. The second-order valence-corrected chi connectivity index (χ2v) is 9.36. The van der Waals surface area contributed by atoms with Crippen LogP contribution in [0.5, 0.6) is 0 Å². The predicted octanol–water partition coefficient (Wildman–Crippen LogP) is 3.44. The molecule has 35 heavy (non-hydrogen) atoms. The third-order valence-electron chi connectivity index (χ3n) is 5.31. The molecular formula is C25H29N7O3. The van der Waals surface area contributed by atoms with E-state index < -0.39 is 17.7 Å². The number of hydrogen-bond donors (Lipinski definition) is 2. The molecular weight excluding hydrogens is 446 g/mol. The van der Waals surface area contributed by atoms with Crippen LogP contribution < -0.4 is 10.6 Å². The molecule has 2 aromatic carbocycles. The van der Waals surface area contributed by atoms with Crippen molar-refractivity contribution in [2.45, 2.75) is 38.8 Å². The zero-order valence-electron chi connectivity index (χ0n) is 20.4. The number of carbonyl (C=O) groups is 2. The van der Waals surface area contributed by atoms with Crippen molar-refractivity contribution in [3.8, 4) is 11.4 Å². The first kappa shape index (κ1) is 23.9. The summed E-state index contributed by atoms with van der Waals surface area (Å²) in [5.74, 6) is 0.0795. The van der Waals surface area contributed by atoms with Gasteiger partial charge in [0.1, 0.15) is 11.6 Å². The van der Waals surface area contributed by atoms with E-state index in [1.54, 1.807) is 46.0 Å². The fraction of sp³-hybridized carbons (Fsp3) is 0.320. The lowest BCUT2D eigenvalue weighted by Crippen LogP contribution is -2.47. The van der Waals surface area contributed by atoms with E-state index in [0.29, 0.717) is 17.1 Å². The van der Waals surface area contributed by atoms with E-state index in [0.717, 1.165) is 16.5 Å². The summed E-state index contributed by atoms with van der Waals surface area (Å²) in [4.78, 5) is 27.3. The van der Waals surface area contributed by atoms with Crippen LogP contribution in [0.25, 0.3) is 22.3 Å². The molecule has 4 aromatic rings. The molecule has 2 N–H and O–H groups in total. The van der Waals surface area contributed by atoms with Crippen LogP contribution in [-0.2, 0) is 30.0 Å². The SMILES string of the molecule is Cn1nnc(-c2cccc(NC(=O)[C@@H](Cc3cn(C)c4ccccc34)NC(=O)OC(C)(C)C)c2)n1. The maximum Gasteiger partial charge on any atom is 0.408 e. The highest BCUT2D eigenvalue weighted by Crippen LogP contribution is 2.23. The first-order valence-corrected chi connectivity index (χ1v) is 11.3. The minimum Gasteiger partial charge on any atom is -0.444 e. The van der Waals surface area contributed by atoms with Crippen molar-refractivity contribution < 1.29 is 14.3 Å². The molecule has 0 fully saturated rings. The fourth-order valence-corrected chi connectivity index (χ4v) is 3.83. The molecule has 0 saturated heterocycles. The molecule has 4 rings (SSSR count). The molecule has 0 unspecified atom stereocenters. The molecule has 182 valence electrons. The van der Waals surface area contributed by atoms with Crippen molar-refractivity contribution >= 4 is 28.6 Å². The highest BCUT2D eigenvalue weighted by atomic mass is 16.6. The van der Waals surface area contributed by atoms with Crippen LogP contribution in [0.1, 0.15) is 26.3 Å². The summed E-state index contributed by atoms with van der Waals surface area (Å²) in [7, 11) is 3.64. The van der Waals surface area contributed by atoms with Gasteiger partial charge < -0.3 is 19.9 Å². The third-order valence-corrected chi connectivity index (χ3v) is 5.31. The topological polar surface area (TPSA) is 116 Å². The number of aryl methyl sites for hydroxylation is 2. The second kappa shape index (κ2) is 9.57. The van der Waals surface area contributed by atoms with E-state index in [2.05, 4.69) is 26.0 Å². The molecule has 0 saturated carbocycles. The zero-order valence-corrected chi connectivity index (χ0v) is 20.4. The number of ether oxygens (including phenoxy) is 1. The normalized spacial score (nSPS) is 12.4. The van der Waals surface area contributed by atoms with Gasteiger partial charge in [-0.2, -0.15) is 4.80 Å². The molecule has 0 spiro atoms. The average Bonchev–Trinajstić information content (AvgIpc) is 3.36. The zero-order chi connectivity index (χ0) is 25.2. The lowest BCUT2D eigenvalue weighted by molar-refractivity contribution is -0.118. The Hall–Kier alpha value is -4.21. The van der Waals surface area contributed by atoms with Crippen molar-refractivity contribution in [2.75, 3.05) is 5.32 Å². The summed E-state index contributed by atoms with van der Waals surface area (Å²) in [6.07, 6.45) is 1.61. The van der Waals surface area contributed by atoms with Crippen molar-refractivity contribution in [1.29, 1.82) is 0 Å². The third kappa shape index (κ3) is 5.84. The Labute approximate surface area is 203 Å². The van der Waals surface area contributed by atoms with Gasteiger partial charge in [-0.25, -0.2) is 4.79 Å². The summed E-state index contributed by atoms with van der Waals surface area (Å²) in [5.41, 5.74) is 2.55. The summed E-state index contributed by atoms with van der Waals surface area (Å²) >= 11 is 0. The number of benzene rings is 2. The summed E-state index contributed by atoms with van der Waals surface area (Å²) in [6.45, 7) is 5.33. The van der Waals surface area contributed by atoms with E-state index in [-0.39, 0.29) is 12.3 Å². The smallest absolute Gasteiger partial charge is 0.408 e. The van der Waals surface area contributed by atoms with Gasteiger partial charge in [-0.15, -0.1) is 10.2 Å². The number of rotatable bonds is 6. The Balaban J connectivity index is 1.59. The fourth-order valence-electron chi connectivity index (χ4n) is 3.83. The lowest BCUT2D eigenvalue weighted by atomic mass is 10.0. The van der Waals surface area contributed by atoms with Crippen LogP contribution in [0.4, 0.5) is 10.5 Å². The summed E-state index contributed by atoms with van der Waals surface area (Å²) in [5, 5.41) is 18.7. The van der Waals surface area contributed by atoms with Gasteiger partial charge in [0.15, 0.2) is 0 Å². The molecule has 10 nitrogen and oxygen atoms in total. The van der Waals surface area contributed by atoms with E-state index in [9.17, 15) is 9.59 Å². The van der Waals surface area contributed by atoms with Gasteiger partial charge in [0.25, 0.3) is 0 Å². The second-order valence-electron chi connectivity index (χ2n) is 9.36. The average molecular weight is 476 g/mol. The number of nitrogens with one attached hydrogen (secondary N) is 2. The molecule has 0 aliphatic rings. The number of amides is 2. The Kier molecular flexibility index (Phi) is 6.54. The van der Waals surface area contributed by atoms with Crippen molar-refractivity contribution in [1.82, 2.24) is 30.1 Å². The minimum atomic E-state index is -0.867. The van der Waals surface area contributed by atoms with Gasteiger partial charge in [-0.3, -0.25) is 4.79 Å². The Morgan fingerprint density at radius 2 is 1.86 bits per heavy atom. The van der Waals surface area contributed by atoms with Gasteiger partial charge in [-0.05, 0) is 49.7 Å². The molecule has 2 aromatic heterocycles. The predicted molar refractivity (Wildman–Crippen MR) is 133 cm³/mol. The monoisotopic (exact) mass is 475 g/mol. The molecule has 0 aliphatic carbocycles. The van der Waals surface area contributed by atoms with Crippen LogP contribution in [0.15, 0.2) is 54.7 Å². The van der Waals surface area contributed by atoms with E-state index in [1.807, 2.05) is 48.1 Å². The van der Waals surface area contributed by atoms with Crippen LogP contribution >= 0.6 is 0 Å². The first-order valence-electron chi connectivity index (χ1n) is 11.3. The van der Waals surface area contributed by atoms with Crippen molar-refractivity contribution in [2.24, 2.45) is 14.1 Å². The number of carbonyl (C=O) groups excluding carboxylic acids is 2. The standard InChI is InChI=1S/C25H29N7O3/c1-25(2,3)35-24(34)27-20(14-17-15-31(4)21-12-7-6-11-19(17)21)23(33)26-18-10-8-9-16(13-18)22-28-30-32(5)29-22/h6-13,15,20H,14H2,1-5H3,(H,26,33)(H,27,34)/t20-/m1/s1. The van der Waals surface area contributed by atoms with Crippen LogP contribution in [-0.4, -0.2) is 48.4 Å². The summed E-state index contributed by atoms with van der Waals surface area (Å²) in [6, 6.07) is 14.2. The van der Waals surface area contributed by atoms with E-state index in [4.69, 9.17) is 4.74 Å². The van der Waals surface area contributed by atoms with Gasteiger partial charge >= 0.3 is 6.09 Å². The maximum absolute atomic E-state index is 13.4. The highest BCUT2D eigenvalue weighted by molar-refractivity contribution is 5.97. The van der Waals surface area contributed by atoms with Gasteiger partial charge in [0, 0.05) is 41.8 Å². The first-order chi connectivity index (χ1) is 16.6. The Morgan fingerprint density at radius 1 is 1.09 bits per heavy atom. The Bertz CT molecular complexity index is 1370. The molecule has 10 heteroatoms. The molecule has 2 amide bonds. The molecule has 0 aliphatic heterocycles. The number of fused-ring (bicyclic) bond motifs is 1. The van der Waals surface area contributed by atoms with Crippen molar-refractivity contribution in [3.63, 3.8) is 0 Å². The lowest BCUT2D eigenvalue weighted by Gasteiger charge is -2.23. The largest absolute Gasteiger partial charge is 0.444 e. The van der Waals surface area contributed by atoms with Gasteiger partial charge in [0.05, 0.1) is 7.05 Å². The van der Waals surface area contributed by atoms with Crippen LogP contribution in [0, 0.1) is 0 Å². The number of alkyl carbamates (subject to hydrolysis) is 1. The van der Waals surface area contributed by atoms with Crippen molar-refractivity contribution in [3.05, 3.63) is 60.3 Å². The Morgan fingerprint density at radius 3 is 2.57 bits per heavy atom. The summed E-state index contributed by atoms with van der Waals surface area (Å²) < 4.78 is 7.42. The molecule has 0 radical (unpaired) electrons. The van der Waals surface area contributed by atoms with Gasteiger partial charge in [0.2, 0.25) is 11.7 Å². The van der Waals surface area contributed by atoms with Crippen LogP contribution in [0.2, 0.25) is 0 Å². The number of hydrogen-bond acceptors (Lipinski definition) is 6.